The lowest BCUT2D eigenvalue weighted by Crippen LogP contribution is -2.49. The number of hydrogen-bond acceptors (Lipinski definition) is 3. The van der Waals surface area contributed by atoms with Crippen LogP contribution in [0, 0.1) is 15.9 Å². The number of carbonyl (C=O) groups excluding carboxylic acids is 1. The second kappa shape index (κ2) is 6.16. The van der Waals surface area contributed by atoms with Crippen molar-refractivity contribution in [3.8, 4) is 0 Å². The number of halogens is 3. The Bertz CT molecular complexity index is 507. The van der Waals surface area contributed by atoms with E-state index in [1.165, 1.54) is 0 Å². The summed E-state index contributed by atoms with van der Waals surface area (Å²) in [5, 5.41) is 13.3. The lowest BCUT2D eigenvalue weighted by atomic mass is 10.1. The number of benzene rings is 1. The van der Waals surface area contributed by atoms with Crippen molar-refractivity contribution in [3.63, 3.8) is 0 Å². The fraction of sp³-hybridized carbons (Fsp3) is 0.364. The van der Waals surface area contributed by atoms with Crippen LogP contribution in [0.1, 0.15) is 17.3 Å². The van der Waals surface area contributed by atoms with E-state index in [0.29, 0.717) is 0 Å². The van der Waals surface area contributed by atoms with Gasteiger partial charge in [0.1, 0.15) is 11.4 Å². The highest BCUT2D eigenvalue weighted by Gasteiger charge is 2.28. The van der Waals surface area contributed by atoms with Gasteiger partial charge in [-0.05, 0) is 19.1 Å². The molecule has 0 spiro atoms. The first-order valence-corrected chi connectivity index (χ1v) is 6.28. The van der Waals surface area contributed by atoms with Crippen LogP contribution in [0.25, 0.3) is 0 Å². The van der Waals surface area contributed by atoms with Crippen molar-refractivity contribution in [2.45, 2.75) is 12.5 Å². The van der Waals surface area contributed by atoms with Gasteiger partial charge in [-0.15, -0.1) is 23.2 Å². The highest BCUT2D eigenvalue weighted by molar-refractivity contribution is 6.22. The molecule has 5 nitrogen and oxygen atoms in total. The zero-order valence-corrected chi connectivity index (χ0v) is 11.5. The number of nitrogens with one attached hydrogen (secondary N) is 1. The molecule has 1 rings (SSSR count). The fourth-order valence-electron chi connectivity index (χ4n) is 1.29. The lowest BCUT2D eigenvalue weighted by Gasteiger charge is -2.25. The Morgan fingerprint density at radius 2 is 2.05 bits per heavy atom. The maximum Gasteiger partial charge on any atom is 0.282 e. The van der Waals surface area contributed by atoms with Crippen LogP contribution in [-0.4, -0.2) is 28.1 Å². The summed E-state index contributed by atoms with van der Waals surface area (Å²) >= 11 is 11.3. The first-order chi connectivity index (χ1) is 8.83. The van der Waals surface area contributed by atoms with Crippen LogP contribution in [0.2, 0.25) is 0 Å². The third-order valence-corrected chi connectivity index (χ3v) is 3.58. The van der Waals surface area contributed by atoms with Gasteiger partial charge in [-0.3, -0.25) is 14.9 Å². The monoisotopic (exact) mass is 308 g/mol. The summed E-state index contributed by atoms with van der Waals surface area (Å²) in [4.78, 5) is 22.0. The number of amides is 1. The summed E-state index contributed by atoms with van der Waals surface area (Å²) in [6.45, 7) is 1.58. The van der Waals surface area contributed by atoms with Gasteiger partial charge in [-0.25, -0.2) is 4.39 Å². The highest BCUT2D eigenvalue weighted by Crippen LogP contribution is 2.21. The average molecular weight is 309 g/mol. The maximum absolute atomic E-state index is 13.1. The smallest absolute Gasteiger partial charge is 0.282 e. The summed E-state index contributed by atoms with van der Waals surface area (Å²) < 4.78 is 13.1. The molecular formula is C11H11Cl2FN2O3. The number of rotatable bonds is 5. The Kier molecular flexibility index (Phi) is 5.08. The third-order valence-electron chi connectivity index (χ3n) is 2.41. The van der Waals surface area contributed by atoms with Crippen LogP contribution >= 0.6 is 23.2 Å². The van der Waals surface area contributed by atoms with E-state index in [2.05, 4.69) is 5.32 Å². The summed E-state index contributed by atoms with van der Waals surface area (Å²) in [7, 11) is 0. The first-order valence-electron chi connectivity index (χ1n) is 5.21. The van der Waals surface area contributed by atoms with Crippen molar-refractivity contribution in [1.82, 2.24) is 5.32 Å². The topological polar surface area (TPSA) is 72.2 Å². The van der Waals surface area contributed by atoms with Gasteiger partial charge in [-0.1, -0.05) is 0 Å². The molecule has 0 unspecified atom stereocenters. The van der Waals surface area contributed by atoms with Gasteiger partial charge in [0, 0.05) is 17.8 Å². The van der Waals surface area contributed by atoms with Crippen LogP contribution in [0.5, 0.6) is 0 Å². The lowest BCUT2D eigenvalue weighted by molar-refractivity contribution is -0.385. The van der Waals surface area contributed by atoms with E-state index in [4.69, 9.17) is 23.2 Å². The largest absolute Gasteiger partial charge is 0.344 e. The normalized spacial score (nSPS) is 11.2. The fourth-order valence-corrected chi connectivity index (χ4v) is 1.71. The molecule has 19 heavy (non-hydrogen) atoms. The Balaban J connectivity index is 3.12. The van der Waals surface area contributed by atoms with E-state index in [1.807, 2.05) is 0 Å². The summed E-state index contributed by atoms with van der Waals surface area (Å²) in [6, 6.07) is 2.65. The Hall–Kier alpha value is -1.40. The van der Waals surface area contributed by atoms with Gasteiger partial charge in [-0.2, -0.15) is 0 Å². The Labute approximate surface area is 118 Å². The predicted molar refractivity (Wildman–Crippen MR) is 70.4 cm³/mol. The molecule has 0 saturated heterocycles. The number of carbonyl (C=O) groups is 1. The summed E-state index contributed by atoms with van der Waals surface area (Å²) in [5.41, 5.74) is -1.78. The van der Waals surface area contributed by atoms with Crippen molar-refractivity contribution in [2.75, 3.05) is 11.8 Å². The molecule has 0 radical (unpaired) electrons. The SMILES string of the molecule is CC(CCl)(CCl)NC(=O)c1cc(F)ccc1[N+](=O)[O-]. The Morgan fingerprint density at radius 1 is 1.47 bits per heavy atom. The minimum atomic E-state index is -0.930. The van der Waals surface area contributed by atoms with Gasteiger partial charge >= 0.3 is 0 Å². The minimum absolute atomic E-state index is 0.0192. The van der Waals surface area contributed by atoms with Crippen molar-refractivity contribution in [3.05, 3.63) is 39.7 Å². The average Bonchev–Trinajstić information content (AvgIpc) is 2.38. The Morgan fingerprint density at radius 3 is 2.53 bits per heavy atom. The van der Waals surface area contributed by atoms with E-state index in [-0.39, 0.29) is 17.3 Å². The van der Waals surface area contributed by atoms with E-state index >= 15 is 0 Å². The second-order valence-electron chi connectivity index (χ2n) is 4.20. The molecule has 0 aliphatic rings. The van der Waals surface area contributed by atoms with Crippen LogP contribution in [0.4, 0.5) is 10.1 Å². The first kappa shape index (κ1) is 15.7. The summed E-state index contributed by atoms with van der Waals surface area (Å²) in [5.74, 6) is -1.50. The van der Waals surface area contributed by atoms with Gasteiger partial charge in [0.05, 0.1) is 10.5 Å². The molecule has 0 saturated carbocycles. The minimum Gasteiger partial charge on any atom is -0.344 e. The zero-order valence-electron chi connectivity index (χ0n) is 9.95. The van der Waals surface area contributed by atoms with Crippen molar-refractivity contribution < 1.29 is 14.1 Å². The molecule has 1 N–H and O–H groups in total. The molecule has 0 aliphatic heterocycles. The molecule has 0 heterocycles. The number of nitro benzene ring substituents is 1. The number of nitrogens with zero attached hydrogens (tertiary/aromatic N) is 1. The quantitative estimate of drug-likeness (QED) is 0.516. The molecule has 104 valence electrons. The van der Waals surface area contributed by atoms with E-state index < -0.39 is 27.9 Å². The molecule has 8 heteroatoms. The molecule has 0 aromatic heterocycles. The number of nitro groups is 1. The third kappa shape index (κ3) is 3.78. The summed E-state index contributed by atoms with van der Waals surface area (Å²) in [6.07, 6.45) is 0. The second-order valence-corrected chi connectivity index (χ2v) is 4.74. The van der Waals surface area contributed by atoms with Gasteiger partial charge < -0.3 is 5.32 Å². The van der Waals surface area contributed by atoms with E-state index in [9.17, 15) is 19.3 Å². The molecule has 1 amide bonds. The van der Waals surface area contributed by atoms with Gasteiger partial charge in [0.25, 0.3) is 11.6 Å². The molecule has 1 aromatic carbocycles. The molecule has 0 bridgehead atoms. The highest BCUT2D eigenvalue weighted by atomic mass is 35.5. The van der Waals surface area contributed by atoms with Crippen LogP contribution in [0.3, 0.4) is 0 Å². The number of hydrogen-bond donors (Lipinski definition) is 1. The molecule has 1 aromatic rings. The molecule has 0 atom stereocenters. The van der Waals surface area contributed by atoms with Crippen molar-refractivity contribution in [1.29, 1.82) is 0 Å². The predicted octanol–water partition coefficient (Wildman–Crippen LogP) is 2.70. The number of alkyl halides is 2. The molecule has 0 aliphatic carbocycles. The van der Waals surface area contributed by atoms with Crippen LogP contribution in [0.15, 0.2) is 18.2 Å². The standard InChI is InChI=1S/C11H11Cl2FN2O3/c1-11(5-12,6-13)15-10(17)8-4-7(14)2-3-9(8)16(18)19/h2-4H,5-6H2,1H3,(H,15,17). The van der Waals surface area contributed by atoms with E-state index in [0.717, 1.165) is 18.2 Å². The maximum atomic E-state index is 13.1. The van der Waals surface area contributed by atoms with Gasteiger partial charge in [0.15, 0.2) is 0 Å². The molecular weight excluding hydrogens is 298 g/mol. The van der Waals surface area contributed by atoms with Crippen LogP contribution in [-0.2, 0) is 0 Å². The van der Waals surface area contributed by atoms with Gasteiger partial charge in [0.2, 0.25) is 0 Å². The van der Waals surface area contributed by atoms with Crippen molar-refractivity contribution in [2.24, 2.45) is 0 Å². The molecule has 0 fully saturated rings. The van der Waals surface area contributed by atoms with Crippen LogP contribution < -0.4 is 5.32 Å². The zero-order chi connectivity index (χ0) is 14.6. The van der Waals surface area contributed by atoms with Crippen molar-refractivity contribution >= 4 is 34.8 Å². The van der Waals surface area contributed by atoms with E-state index in [1.54, 1.807) is 6.92 Å².